The lowest BCUT2D eigenvalue weighted by molar-refractivity contribution is 0.0735. The highest BCUT2D eigenvalue weighted by atomic mass is 35.5. The number of nitrogens with zero attached hydrogens (tertiary/aromatic N) is 3. The molecule has 1 amide bonds. The summed E-state index contributed by atoms with van der Waals surface area (Å²) < 4.78 is 1.69. The lowest BCUT2D eigenvalue weighted by Gasteiger charge is -2.26. The summed E-state index contributed by atoms with van der Waals surface area (Å²) in [6.07, 6.45) is 5.13. The molecular formula is C11H15ClN4O. The van der Waals surface area contributed by atoms with Gasteiger partial charge in [-0.1, -0.05) is 17.7 Å². The molecule has 0 aliphatic carbocycles. The van der Waals surface area contributed by atoms with Crippen LogP contribution in [0.2, 0.25) is 0 Å². The first kappa shape index (κ1) is 12.1. The zero-order chi connectivity index (χ0) is 12.1. The van der Waals surface area contributed by atoms with Gasteiger partial charge in [0.25, 0.3) is 5.91 Å². The molecule has 1 saturated heterocycles. The summed E-state index contributed by atoms with van der Waals surface area (Å²) in [5.74, 6) is 0.0487. The van der Waals surface area contributed by atoms with E-state index in [4.69, 9.17) is 11.6 Å². The third kappa shape index (κ3) is 3.08. The number of aromatic nitrogens is 2. The van der Waals surface area contributed by atoms with E-state index in [1.165, 1.54) is 5.54 Å². The van der Waals surface area contributed by atoms with Crippen molar-refractivity contribution in [1.29, 1.82) is 0 Å². The van der Waals surface area contributed by atoms with Crippen LogP contribution in [0.4, 0.5) is 0 Å². The summed E-state index contributed by atoms with van der Waals surface area (Å²) in [5, 5.41) is 7.33. The van der Waals surface area contributed by atoms with Gasteiger partial charge < -0.3 is 10.2 Å². The minimum atomic E-state index is 0.0487. The van der Waals surface area contributed by atoms with Crippen LogP contribution < -0.4 is 5.32 Å². The normalized spacial score (nSPS) is 16.6. The van der Waals surface area contributed by atoms with E-state index in [0.29, 0.717) is 12.1 Å². The number of carbonyl (C=O) groups excluding carboxylic acids is 1. The Morgan fingerprint density at radius 3 is 3.00 bits per heavy atom. The minimum Gasteiger partial charge on any atom is -0.336 e. The summed E-state index contributed by atoms with van der Waals surface area (Å²) >= 11 is 5.44. The topological polar surface area (TPSA) is 50.2 Å². The van der Waals surface area contributed by atoms with E-state index in [2.05, 4.69) is 10.4 Å². The van der Waals surface area contributed by atoms with Gasteiger partial charge in [-0.2, -0.15) is 5.10 Å². The number of hydrogen-bond donors (Lipinski definition) is 1. The number of rotatable bonds is 3. The smallest absolute Gasteiger partial charge is 0.257 e. The highest BCUT2D eigenvalue weighted by Gasteiger charge is 2.18. The number of nitrogens with one attached hydrogen (secondary N) is 1. The van der Waals surface area contributed by atoms with E-state index < -0.39 is 0 Å². The molecule has 1 aliphatic heterocycles. The molecule has 0 saturated carbocycles. The Labute approximate surface area is 105 Å². The Bertz CT molecular complexity index is 409. The molecule has 17 heavy (non-hydrogen) atoms. The standard InChI is InChI=1S/C11H15ClN4O/c12-2-1-5-16-9-10(8-14-16)11(17)15-6-3-13-4-7-15/h1-2,8-9,13H,3-7H2/b2-1+. The van der Waals surface area contributed by atoms with Crippen LogP contribution in [-0.2, 0) is 6.54 Å². The maximum atomic E-state index is 12.1. The summed E-state index contributed by atoms with van der Waals surface area (Å²) in [6, 6.07) is 0. The molecule has 5 nitrogen and oxygen atoms in total. The van der Waals surface area contributed by atoms with Crippen LogP contribution in [0.1, 0.15) is 10.4 Å². The maximum absolute atomic E-state index is 12.1. The molecule has 0 radical (unpaired) electrons. The number of halogens is 1. The summed E-state index contributed by atoms with van der Waals surface area (Å²) in [5.41, 5.74) is 2.08. The van der Waals surface area contributed by atoms with Crippen molar-refractivity contribution in [2.24, 2.45) is 0 Å². The SMILES string of the molecule is O=C(c1cnn(C/C=C/Cl)c1)N1CCNCC1. The number of allylic oxidation sites excluding steroid dienone is 1. The van der Waals surface area contributed by atoms with Gasteiger partial charge in [0.1, 0.15) is 0 Å². The van der Waals surface area contributed by atoms with Crippen LogP contribution in [0, 0.1) is 0 Å². The first-order chi connectivity index (χ1) is 8.31. The van der Waals surface area contributed by atoms with Gasteiger partial charge in [-0.15, -0.1) is 0 Å². The van der Waals surface area contributed by atoms with Crippen LogP contribution in [0.5, 0.6) is 0 Å². The van der Waals surface area contributed by atoms with Crippen LogP contribution in [0.25, 0.3) is 0 Å². The third-order valence-corrected chi connectivity index (χ3v) is 2.84. The zero-order valence-corrected chi connectivity index (χ0v) is 10.2. The number of carbonyl (C=O) groups is 1. The average molecular weight is 255 g/mol. The van der Waals surface area contributed by atoms with E-state index in [1.54, 1.807) is 23.2 Å². The van der Waals surface area contributed by atoms with E-state index >= 15 is 0 Å². The summed E-state index contributed by atoms with van der Waals surface area (Å²) in [4.78, 5) is 13.9. The first-order valence-electron chi connectivity index (χ1n) is 5.59. The van der Waals surface area contributed by atoms with Crippen LogP contribution in [0.3, 0.4) is 0 Å². The Kier molecular flexibility index (Phi) is 4.17. The summed E-state index contributed by atoms with van der Waals surface area (Å²) in [7, 11) is 0. The Balaban J connectivity index is 2.00. The molecule has 0 unspecified atom stereocenters. The van der Waals surface area contributed by atoms with Gasteiger partial charge in [0.15, 0.2) is 0 Å². The van der Waals surface area contributed by atoms with Crippen molar-refractivity contribution in [2.75, 3.05) is 26.2 Å². The fourth-order valence-corrected chi connectivity index (χ4v) is 1.85. The molecule has 1 fully saturated rings. The van der Waals surface area contributed by atoms with E-state index in [1.807, 2.05) is 4.90 Å². The number of piperazine rings is 1. The Hall–Kier alpha value is -1.33. The molecule has 1 aromatic heterocycles. The fraction of sp³-hybridized carbons (Fsp3) is 0.455. The predicted molar refractivity (Wildman–Crippen MR) is 66.0 cm³/mol. The van der Waals surface area contributed by atoms with Gasteiger partial charge in [0.2, 0.25) is 0 Å². The molecule has 6 heteroatoms. The fourth-order valence-electron chi connectivity index (χ4n) is 1.77. The molecule has 92 valence electrons. The quantitative estimate of drug-likeness (QED) is 0.863. The molecule has 1 aromatic rings. The van der Waals surface area contributed by atoms with Gasteiger partial charge in [-0.05, 0) is 0 Å². The van der Waals surface area contributed by atoms with E-state index in [0.717, 1.165) is 26.2 Å². The van der Waals surface area contributed by atoms with Gasteiger partial charge in [0, 0.05) is 37.9 Å². The average Bonchev–Trinajstić information content (AvgIpc) is 2.85. The highest BCUT2D eigenvalue weighted by Crippen LogP contribution is 2.05. The van der Waals surface area contributed by atoms with Crippen molar-refractivity contribution >= 4 is 17.5 Å². The van der Waals surface area contributed by atoms with Crippen LogP contribution in [0.15, 0.2) is 24.0 Å². The monoisotopic (exact) mass is 254 g/mol. The van der Waals surface area contributed by atoms with Crippen molar-refractivity contribution in [1.82, 2.24) is 20.0 Å². The summed E-state index contributed by atoms with van der Waals surface area (Å²) in [6.45, 7) is 3.80. The second kappa shape index (κ2) is 5.84. The molecule has 1 aliphatic rings. The number of hydrogen-bond acceptors (Lipinski definition) is 3. The van der Waals surface area contributed by atoms with Crippen molar-refractivity contribution < 1.29 is 4.79 Å². The molecule has 0 aromatic carbocycles. The van der Waals surface area contributed by atoms with Crippen molar-refractivity contribution in [2.45, 2.75) is 6.54 Å². The van der Waals surface area contributed by atoms with Gasteiger partial charge in [-0.3, -0.25) is 9.48 Å². The molecule has 0 spiro atoms. The molecule has 0 bridgehead atoms. The van der Waals surface area contributed by atoms with Crippen LogP contribution >= 0.6 is 11.6 Å². The molecule has 2 rings (SSSR count). The second-order valence-corrected chi connectivity index (χ2v) is 4.11. The van der Waals surface area contributed by atoms with E-state index in [-0.39, 0.29) is 5.91 Å². The highest BCUT2D eigenvalue weighted by molar-refractivity contribution is 6.25. The minimum absolute atomic E-state index is 0.0487. The zero-order valence-electron chi connectivity index (χ0n) is 9.47. The van der Waals surface area contributed by atoms with Gasteiger partial charge in [-0.25, -0.2) is 0 Å². The Morgan fingerprint density at radius 1 is 1.53 bits per heavy atom. The molecule has 1 N–H and O–H groups in total. The lowest BCUT2D eigenvalue weighted by Crippen LogP contribution is -2.46. The second-order valence-electron chi connectivity index (χ2n) is 3.85. The molecule has 2 heterocycles. The Morgan fingerprint density at radius 2 is 2.29 bits per heavy atom. The lowest BCUT2D eigenvalue weighted by atomic mass is 10.2. The first-order valence-corrected chi connectivity index (χ1v) is 6.02. The van der Waals surface area contributed by atoms with Gasteiger partial charge in [0.05, 0.1) is 18.3 Å². The van der Waals surface area contributed by atoms with E-state index in [9.17, 15) is 4.79 Å². The van der Waals surface area contributed by atoms with Crippen molar-refractivity contribution in [3.8, 4) is 0 Å². The molecular weight excluding hydrogens is 240 g/mol. The van der Waals surface area contributed by atoms with Crippen molar-refractivity contribution in [3.05, 3.63) is 29.6 Å². The number of amides is 1. The molecule has 0 atom stereocenters. The van der Waals surface area contributed by atoms with Gasteiger partial charge >= 0.3 is 0 Å². The van der Waals surface area contributed by atoms with Crippen molar-refractivity contribution in [3.63, 3.8) is 0 Å². The van der Waals surface area contributed by atoms with Crippen LogP contribution in [-0.4, -0.2) is 46.8 Å². The largest absolute Gasteiger partial charge is 0.336 e. The third-order valence-electron chi connectivity index (χ3n) is 2.67. The predicted octanol–water partition coefficient (Wildman–Crippen LogP) is 0.681. The maximum Gasteiger partial charge on any atom is 0.257 e.